The fraction of sp³-hybridized carbons (Fsp3) is 0.533. The quantitative estimate of drug-likeness (QED) is 0.876. The number of methoxy groups -OCH3 is 1. The monoisotopic (exact) mass is 262 g/mol. The van der Waals surface area contributed by atoms with Gasteiger partial charge in [-0.3, -0.25) is 4.79 Å². The lowest BCUT2D eigenvalue weighted by Gasteiger charge is -2.15. The molecule has 0 radical (unpaired) electrons. The maximum Gasteiger partial charge on any atom is 0.225 e. The van der Waals surface area contributed by atoms with E-state index in [4.69, 9.17) is 4.74 Å². The molecule has 19 heavy (non-hydrogen) atoms. The van der Waals surface area contributed by atoms with Crippen molar-refractivity contribution in [2.24, 2.45) is 0 Å². The van der Waals surface area contributed by atoms with Gasteiger partial charge in [-0.2, -0.15) is 0 Å². The Hall–Kier alpha value is -1.55. The number of anilines is 1. The highest BCUT2D eigenvalue weighted by Crippen LogP contribution is 2.27. The predicted molar refractivity (Wildman–Crippen MR) is 76.7 cm³/mol. The second-order valence-electron chi connectivity index (χ2n) is 5.11. The lowest BCUT2D eigenvalue weighted by Crippen LogP contribution is -2.27. The molecular formula is C15H22N2O2. The van der Waals surface area contributed by atoms with Gasteiger partial charge in [-0.25, -0.2) is 0 Å². The van der Waals surface area contributed by atoms with E-state index in [9.17, 15) is 4.79 Å². The van der Waals surface area contributed by atoms with E-state index >= 15 is 0 Å². The largest absolute Gasteiger partial charge is 0.496 e. The number of rotatable bonds is 4. The summed E-state index contributed by atoms with van der Waals surface area (Å²) in [6.07, 6.45) is 2.80. The van der Waals surface area contributed by atoms with Gasteiger partial charge in [0.15, 0.2) is 0 Å². The fourth-order valence-corrected chi connectivity index (χ4v) is 2.51. The minimum absolute atomic E-state index is 0.0760. The summed E-state index contributed by atoms with van der Waals surface area (Å²) < 4.78 is 5.27. The highest BCUT2D eigenvalue weighted by Gasteiger charge is 2.18. The Morgan fingerprint density at radius 2 is 2.21 bits per heavy atom. The first-order chi connectivity index (χ1) is 9.11. The third kappa shape index (κ3) is 3.26. The number of nitrogens with one attached hydrogen (secondary N) is 2. The second kappa shape index (κ2) is 6.06. The summed E-state index contributed by atoms with van der Waals surface area (Å²) in [6, 6.07) is 4.13. The zero-order chi connectivity index (χ0) is 13.8. The Labute approximate surface area is 114 Å². The molecule has 4 nitrogen and oxygen atoms in total. The number of ether oxygens (including phenoxy) is 1. The highest BCUT2D eigenvalue weighted by molar-refractivity contribution is 5.92. The molecule has 2 N–H and O–H groups in total. The minimum atomic E-state index is 0.0760. The van der Waals surface area contributed by atoms with Crippen LogP contribution in [0.15, 0.2) is 12.1 Å². The summed E-state index contributed by atoms with van der Waals surface area (Å²) in [5.74, 6) is 0.931. The predicted octanol–water partition coefficient (Wildman–Crippen LogP) is 2.39. The second-order valence-corrected chi connectivity index (χ2v) is 5.11. The first-order valence-electron chi connectivity index (χ1n) is 6.79. The summed E-state index contributed by atoms with van der Waals surface area (Å²) in [5, 5.41) is 6.33. The van der Waals surface area contributed by atoms with Crippen LogP contribution in [0.25, 0.3) is 0 Å². The van der Waals surface area contributed by atoms with Gasteiger partial charge >= 0.3 is 0 Å². The molecule has 0 aromatic heterocycles. The van der Waals surface area contributed by atoms with Gasteiger partial charge in [-0.05, 0) is 56.5 Å². The van der Waals surface area contributed by atoms with Crippen LogP contribution < -0.4 is 15.4 Å². The molecule has 1 heterocycles. The number of carbonyl (C=O) groups excluding carboxylic acids is 1. The Bertz CT molecular complexity index is 465. The van der Waals surface area contributed by atoms with Crippen molar-refractivity contribution in [3.63, 3.8) is 0 Å². The molecule has 4 heteroatoms. The molecule has 1 amide bonds. The first-order valence-corrected chi connectivity index (χ1v) is 6.79. The van der Waals surface area contributed by atoms with Crippen molar-refractivity contribution in [1.29, 1.82) is 0 Å². The van der Waals surface area contributed by atoms with E-state index in [1.807, 2.05) is 26.0 Å². The topological polar surface area (TPSA) is 50.4 Å². The fourth-order valence-electron chi connectivity index (χ4n) is 2.51. The Morgan fingerprint density at radius 1 is 1.42 bits per heavy atom. The molecule has 1 saturated heterocycles. The summed E-state index contributed by atoms with van der Waals surface area (Å²) >= 11 is 0. The molecule has 1 aromatic rings. The molecule has 0 saturated carbocycles. The van der Waals surface area contributed by atoms with Crippen LogP contribution in [0.5, 0.6) is 5.75 Å². The van der Waals surface area contributed by atoms with Crippen LogP contribution in [-0.2, 0) is 4.79 Å². The molecule has 1 fully saturated rings. The van der Waals surface area contributed by atoms with Crippen LogP contribution in [0.3, 0.4) is 0 Å². The third-order valence-corrected chi connectivity index (χ3v) is 3.83. The minimum Gasteiger partial charge on any atom is -0.496 e. The van der Waals surface area contributed by atoms with Gasteiger partial charge in [0.2, 0.25) is 5.91 Å². The maximum absolute atomic E-state index is 12.0. The van der Waals surface area contributed by atoms with Crippen molar-refractivity contribution in [2.45, 2.75) is 39.2 Å². The average Bonchev–Trinajstić information content (AvgIpc) is 2.88. The van der Waals surface area contributed by atoms with E-state index in [0.717, 1.165) is 35.5 Å². The van der Waals surface area contributed by atoms with Crippen LogP contribution in [-0.4, -0.2) is 25.6 Å². The van der Waals surface area contributed by atoms with E-state index < -0.39 is 0 Å². The summed E-state index contributed by atoms with van der Waals surface area (Å²) in [5.41, 5.74) is 3.01. The molecule has 0 aliphatic carbocycles. The Balaban J connectivity index is 2.02. The van der Waals surface area contributed by atoms with Crippen LogP contribution >= 0.6 is 0 Å². The van der Waals surface area contributed by atoms with Crippen molar-refractivity contribution >= 4 is 11.6 Å². The van der Waals surface area contributed by atoms with Crippen LogP contribution in [0.2, 0.25) is 0 Å². The maximum atomic E-state index is 12.0. The van der Waals surface area contributed by atoms with Crippen molar-refractivity contribution in [3.8, 4) is 5.75 Å². The van der Waals surface area contributed by atoms with Crippen LogP contribution in [0.1, 0.15) is 30.4 Å². The molecular weight excluding hydrogens is 240 g/mol. The summed E-state index contributed by atoms with van der Waals surface area (Å²) in [4.78, 5) is 12.0. The van der Waals surface area contributed by atoms with Gasteiger partial charge in [0.05, 0.1) is 7.11 Å². The summed E-state index contributed by atoms with van der Waals surface area (Å²) in [6.45, 7) is 5.03. The molecule has 2 rings (SSSR count). The van der Waals surface area contributed by atoms with Gasteiger partial charge in [-0.1, -0.05) is 0 Å². The zero-order valence-corrected chi connectivity index (χ0v) is 11.9. The molecule has 0 spiro atoms. The Morgan fingerprint density at radius 3 is 2.84 bits per heavy atom. The van der Waals surface area contributed by atoms with Gasteiger partial charge in [0.1, 0.15) is 5.75 Å². The zero-order valence-electron chi connectivity index (χ0n) is 11.9. The number of hydrogen-bond acceptors (Lipinski definition) is 3. The molecule has 1 aliphatic rings. The molecule has 1 aliphatic heterocycles. The molecule has 1 atom stereocenters. The van der Waals surface area contributed by atoms with E-state index in [-0.39, 0.29) is 5.91 Å². The number of amides is 1. The number of carbonyl (C=O) groups is 1. The average molecular weight is 262 g/mol. The molecule has 0 bridgehead atoms. The standard InChI is InChI=1S/C15H22N2O2/c1-10-11(2)14(19-3)7-6-13(10)17-15(18)9-12-5-4-8-16-12/h6-7,12,16H,4-5,8-9H2,1-3H3,(H,17,18). The van der Waals surface area contributed by atoms with E-state index in [0.29, 0.717) is 12.5 Å². The van der Waals surface area contributed by atoms with E-state index in [2.05, 4.69) is 10.6 Å². The highest BCUT2D eigenvalue weighted by atomic mass is 16.5. The lowest BCUT2D eigenvalue weighted by molar-refractivity contribution is -0.116. The van der Waals surface area contributed by atoms with E-state index in [1.54, 1.807) is 7.11 Å². The SMILES string of the molecule is COc1ccc(NC(=O)CC2CCCN2)c(C)c1C. The van der Waals surface area contributed by atoms with Crippen molar-refractivity contribution < 1.29 is 9.53 Å². The molecule has 104 valence electrons. The first kappa shape index (κ1) is 13.9. The van der Waals surface area contributed by atoms with Gasteiger partial charge < -0.3 is 15.4 Å². The van der Waals surface area contributed by atoms with Crippen molar-refractivity contribution in [1.82, 2.24) is 5.32 Å². The molecule has 1 unspecified atom stereocenters. The Kier molecular flexibility index (Phi) is 4.43. The normalized spacial score (nSPS) is 18.4. The summed E-state index contributed by atoms with van der Waals surface area (Å²) in [7, 11) is 1.66. The van der Waals surface area contributed by atoms with Crippen molar-refractivity contribution in [3.05, 3.63) is 23.3 Å². The van der Waals surface area contributed by atoms with Gasteiger partial charge in [0.25, 0.3) is 0 Å². The van der Waals surface area contributed by atoms with Gasteiger partial charge in [-0.15, -0.1) is 0 Å². The van der Waals surface area contributed by atoms with Gasteiger partial charge in [0, 0.05) is 18.2 Å². The smallest absolute Gasteiger partial charge is 0.225 e. The third-order valence-electron chi connectivity index (χ3n) is 3.83. The lowest BCUT2D eigenvalue weighted by atomic mass is 10.1. The number of hydrogen-bond donors (Lipinski definition) is 2. The van der Waals surface area contributed by atoms with Crippen LogP contribution in [0, 0.1) is 13.8 Å². The van der Waals surface area contributed by atoms with E-state index in [1.165, 1.54) is 6.42 Å². The van der Waals surface area contributed by atoms with Crippen LogP contribution in [0.4, 0.5) is 5.69 Å². The molecule has 1 aromatic carbocycles. The van der Waals surface area contributed by atoms with Crippen molar-refractivity contribution in [2.75, 3.05) is 19.0 Å². The number of benzene rings is 1.